The number of hydrogen-bond donors (Lipinski definition) is 1. The summed E-state index contributed by atoms with van der Waals surface area (Å²) in [5.41, 5.74) is 2.53. The predicted octanol–water partition coefficient (Wildman–Crippen LogP) is 4.53. The molecular weight excluding hydrogens is 314 g/mol. The molecule has 3 heteroatoms. The molecule has 0 aromatic heterocycles. The van der Waals surface area contributed by atoms with Gasteiger partial charge in [-0.15, -0.1) is 0 Å². The third-order valence-electron chi connectivity index (χ3n) is 3.05. The summed E-state index contributed by atoms with van der Waals surface area (Å²) in [4.78, 5) is 0. The van der Waals surface area contributed by atoms with Crippen molar-refractivity contribution in [3.8, 4) is 5.75 Å². The van der Waals surface area contributed by atoms with E-state index in [0.717, 1.165) is 29.7 Å². The van der Waals surface area contributed by atoms with Crippen molar-refractivity contribution in [2.45, 2.75) is 26.5 Å². The third-order valence-corrected chi connectivity index (χ3v) is 3.54. The van der Waals surface area contributed by atoms with Gasteiger partial charge in [-0.25, -0.2) is 0 Å². The Kier molecular flexibility index (Phi) is 6.09. The Morgan fingerprint density at radius 2 is 1.85 bits per heavy atom. The van der Waals surface area contributed by atoms with Crippen molar-refractivity contribution in [2.24, 2.45) is 0 Å². The minimum atomic E-state index is 0.598. The minimum absolute atomic E-state index is 0.598. The summed E-state index contributed by atoms with van der Waals surface area (Å²) in [6, 6.07) is 16.3. The van der Waals surface area contributed by atoms with Crippen molar-refractivity contribution in [1.29, 1.82) is 0 Å². The second kappa shape index (κ2) is 8.08. The normalized spacial score (nSPS) is 10.5. The highest BCUT2D eigenvalue weighted by Crippen LogP contribution is 2.19. The average molecular weight is 334 g/mol. The highest BCUT2D eigenvalue weighted by molar-refractivity contribution is 9.10. The summed E-state index contributed by atoms with van der Waals surface area (Å²) < 4.78 is 6.90. The monoisotopic (exact) mass is 333 g/mol. The Balaban J connectivity index is 1.98. The summed E-state index contributed by atoms with van der Waals surface area (Å²) in [7, 11) is 0. The number of hydrogen-bond acceptors (Lipinski definition) is 2. The van der Waals surface area contributed by atoms with Crippen molar-refractivity contribution < 1.29 is 4.74 Å². The second-order valence-corrected chi connectivity index (χ2v) is 5.61. The minimum Gasteiger partial charge on any atom is -0.489 e. The molecule has 0 aliphatic heterocycles. The van der Waals surface area contributed by atoms with Gasteiger partial charge in [0.25, 0.3) is 0 Å². The van der Waals surface area contributed by atoms with Gasteiger partial charge in [-0.05, 0) is 42.3 Å². The van der Waals surface area contributed by atoms with Gasteiger partial charge in [0.15, 0.2) is 0 Å². The highest BCUT2D eigenvalue weighted by Gasteiger charge is 2.03. The zero-order chi connectivity index (χ0) is 14.2. The number of nitrogens with one attached hydrogen (secondary N) is 1. The molecule has 0 aliphatic carbocycles. The lowest BCUT2D eigenvalue weighted by Gasteiger charge is -2.12. The van der Waals surface area contributed by atoms with Crippen molar-refractivity contribution in [3.05, 3.63) is 64.1 Å². The first kappa shape index (κ1) is 15.1. The summed E-state index contributed by atoms with van der Waals surface area (Å²) >= 11 is 3.45. The van der Waals surface area contributed by atoms with Gasteiger partial charge < -0.3 is 10.1 Å². The van der Waals surface area contributed by atoms with E-state index in [2.05, 4.69) is 52.4 Å². The van der Waals surface area contributed by atoms with Gasteiger partial charge in [-0.2, -0.15) is 0 Å². The Morgan fingerprint density at radius 1 is 1.05 bits per heavy atom. The van der Waals surface area contributed by atoms with Crippen LogP contribution in [0.3, 0.4) is 0 Å². The first-order valence-electron chi connectivity index (χ1n) is 6.95. The SMILES string of the molecule is CCCNCc1ccccc1COc1cccc(Br)c1. The predicted molar refractivity (Wildman–Crippen MR) is 86.9 cm³/mol. The lowest BCUT2D eigenvalue weighted by Crippen LogP contribution is -2.15. The molecule has 2 rings (SSSR count). The highest BCUT2D eigenvalue weighted by atomic mass is 79.9. The zero-order valence-electron chi connectivity index (χ0n) is 11.7. The number of benzene rings is 2. The van der Waals surface area contributed by atoms with Crippen LogP contribution in [0.5, 0.6) is 5.75 Å². The maximum Gasteiger partial charge on any atom is 0.120 e. The number of halogens is 1. The van der Waals surface area contributed by atoms with Crippen LogP contribution in [0.4, 0.5) is 0 Å². The Morgan fingerprint density at radius 3 is 2.60 bits per heavy atom. The van der Waals surface area contributed by atoms with Gasteiger partial charge >= 0.3 is 0 Å². The molecular formula is C17H20BrNO. The van der Waals surface area contributed by atoms with Gasteiger partial charge in [0.1, 0.15) is 12.4 Å². The summed E-state index contributed by atoms with van der Waals surface area (Å²) in [6.45, 7) is 4.71. The quantitative estimate of drug-likeness (QED) is 0.751. The van der Waals surface area contributed by atoms with E-state index < -0.39 is 0 Å². The molecule has 0 fully saturated rings. The van der Waals surface area contributed by atoms with Crippen LogP contribution in [0.25, 0.3) is 0 Å². The van der Waals surface area contributed by atoms with Gasteiger partial charge in [0.2, 0.25) is 0 Å². The molecule has 0 unspecified atom stereocenters. The first-order valence-corrected chi connectivity index (χ1v) is 7.74. The van der Waals surface area contributed by atoms with Gasteiger partial charge in [0.05, 0.1) is 0 Å². The van der Waals surface area contributed by atoms with E-state index in [-0.39, 0.29) is 0 Å². The molecule has 0 saturated carbocycles. The van der Waals surface area contributed by atoms with E-state index in [1.807, 2.05) is 24.3 Å². The molecule has 0 amide bonds. The van der Waals surface area contributed by atoms with Gasteiger partial charge in [-0.1, -0.05) is 53.2 Å². The summed E-state index contributed by atoms with van der Waals surface area (Å²) in [5, 5.41) is 3.44. The second-order valence-electron chi connectivity index (χ2n) is 4.69. The molecule has 2 aromatic rings. The van der Waals surface area contributed by atoms with E-state index in [4.69, 9.17) is 4.74 Å². The molecule has 0 bridgehead atoms. The number of ether oxygens (including phenoxy) is 1. The Hall–Kier alpha value is -1.32. The number of rotatable bonds is 7. The standard InChI is InChI=1S/C17H20BrNO/c1-2-10-19-12-14-6-3-4-7-15(14)13-20-17-9-5-8-16(18)11-17/h3-9,11,19H,2,10,12-13H2,1H3. The first-order chi connectivity index (χ1) is 9.79. The van der Waals surface area contributed by atoms with Crippen LogP contribution < -0.4 is 10.1 Å². The molecule has 1 N–H and O–H groups in total. The van der Waals surface area contributed by atoms with Crippen molar-refractivity contribution >= 4 is 15.9 Å². The fourth-order valence-electron chi connectivity index (χ4n) is 1.99. The fraction of sp³-hybridized carbons (Fsp3) is 0.294. The summed E-state index contributed by atoms with van der Waals surface area (Å²) in [5.74, 6) is 0.885. The third kappa shape index (κ3) is 4.66. The lowest BCUT2D eigenvalue weighted by molar-refractivity contribution is 0.304. The summed E-state index contributed by atoms with van der Waals surface area (Å²) in [6.07, 6.45) is 1.15. The fourth-order valence-corrected chi connectivity index (χ4v) is 2.37. The smallest absolute Gasteiger partial charge is 0.120 e. The molecule has 2 nitrogen and oxygen atoms in total. The average Bonchev–Trinajstić information content (AvgIpc) is 2.47. The topological polar surface area (TPSA) is 21.3 Å². The molecule has 20 heavy (non-hydrogen) atoms. The molecule has 0 spiro atoms. The maximum absolute atomic E-state index is 5.86. The zero-order valence-corrected chi connectivity index (χ0v) is 13.3. The molecule has 0 radical (unpaired) electrons. The molecule has 0 heterocycles. The van der Waals surface area contributed by atoms with Crippen LogP contribution in [0.2, 0.25) is 0 Å². The van der Waals surface area contributed by atoms with Crippen LogP contribution in [0, 0.1) is 0 Å². The van der Waals surface area contributed by atoms with Crippen molar-refractivity contribution in [1.82, 2.24) is 5.32 Å². The van der Waals surface area contributed by atoms with Crippen LogP contribution >= 0.6 is 15.9 Å². The van der Waals surface area contributed by atoms with Crippen LogP contribution in [-0.4, -0.2) is 6.54 Å². The molecule has 2 aromatic carbocycles. The largest absolute Gasteiger partial charge is 0.489 e. The molecule has 0 saturated heterocycles. The van der Waals surface area contributed by atoms with E-state index >= 15 is 0 Å². The molecule has 0 aliphatic rings. The molecule has 0 atom stereocenters. The van der Waals surface area contributed by atoms with Gasteiger partial charge in [0, 0.05) is 11.0 Å². The molecule has 106 valence electrons. The van der Waals surface area contributed by atoms with Crippen LogP contribution in [-0.2, 0) is 13.2 Å². The van der Waals surface area contributed by atoms with Gasteiger partial charge in [-0.3, -0.25) is 0 Å². The van der Waals surface area contributed by atoms with E-state index in [1.165, 1.54) is 11.1 Å². The Labute approximate surface area is 129 Å². The van der Waals surface area contributed by atoms with Crippen LogP contribution in [0.15, 0.2) is 53.0 Å². The van der Waals surface area contributed by atoms with E-state index in [9.17, 15) is 0 Å². The van der Waals surface area contributed by atoms with Crippen molar-refractivity contribution in [3.63, 3.8) is 0 Å². The van der Waals surface area contributed by atoms with E-state index in [0.29, 0.717) is 6.61 Å². The van der Waals surface area contributed by atoms with Crippen molar-refractivity contribution in [2.75, 3.05) is 6.54 Å². The lowest BCUT2D eigenvalue weighted by atomic mass is 10.1. The van der Waals surface area contributed by atoms with Crippen LogP contribution in [0.1, 0.15) is 24.5 Å². The Bertz CT molecular complexity index is 542. The maximum atomic E-state index is 5.86. The van der Waals surface area contributed by atoms with E-state index in [1.54, 1.807) is 0 Å².